The number of hydrogen-bond acceptors (Lipinski definition) is 6. The third kappa shape index (κ3) is 7.49. The normalized spacial score (nSPS) is 12.8. The van der Waals surface area contributed by atoms with E-state index in [1.807, 2.05) is 72.7 Å². The van der Waals surface area contributed by atoms with E-state index in [4.69, 9.17) is 9.47 Å². The molecule has 0 saturated heterocycles. The average molecular weight is 523 g/mol. The molecule has 0 fully saturated rings. The summed E-state index contributed by atoms with van der Waals surface area (Å²) in [6, 6.07) is 12.5. The zero-order valence-electron chi connectivity index (χ0n) is 24.2. The third-order valence-electron chi connectivity index (χ3n) is 6.04. The number of anilines is 1. The van der Waals surface area contributed by atoms with Crippen molar-refractivity contribution in [2.24, 2.45) is 5.92 Å². The summed E-state index contributed by atoms with van der Waals surface area (Å²) in [7, 11) is 3.97. The lowest BCUT2D eigenvalue weighted by molar-refractivity contribution is 0.0509. The highest BCUT2D eigenvalue weighted by Crippen LogP contribution is 2.37. The number of carbonyl (C=O) groups excluding carboxylic acids is 2. The highest BCUT2D eigenvalue weighted by Gasteiger charge is 2.23. The summed E-state index contributed by atoms with van der Waals surface area (Å²) < 4.78 is 12.2. The maximum Gasteiger partial charge on any atom is 0.435 e. The van der Waals surface area contributed by atoms with Crippen LogP contribution in [0, 0.1) is 5.92 Å². The number of nitrogens with one attached hydrogen (secondary N) is 1. The standard InChI is InChI=1S/C30H42N4O4/c1-10-20(18-31-27(35)37-29(2,3)4)17-21-11-13-22(14-12-21)23-15-16-25-24(26(23)33(8)9)19-32-34(25)28(36)38-30(5,6)7/h11-16,19-20H,10,17-18H2,1-9H3,(H,31,35). The Morgan fingerprint density at radius 3 is 2.16 bits per heavy atom. The minimum absolute atomic E-state index is 0.306. The maximum atomic E-state index is 12.7. The molecule has 1 aromatic heterocycles. The zero-order valence-corrected chi connectivity index (χ0v) is 24.2. The average Bonchev–Trinajstić information content (AvgIpc) is 3.23. The van der Waals surface area contributed by atoms with Crippen molar-refractivity contribution < 1.29 is 19.1 Å². The number of amides is 1. The van der Waals surface area contributed by atoms with E-state index >= 15 is 0 Å². The summed E-state index contributed by atoms with van der Waals surface area (Å²) in [4.78, 5) is 26.8. The minimum atomic E-state index is -0.607. The maximum absolute atomic E-state index is 12.7. The van der Waals surface area contributed by atoms with Gasteiger partial charge in [-0.1, -0.05) is 43.7 Å². The number of fused-ring (bicyclic) bond motifs is 1. The van der Waals surface area contributed by atoms with E-state index in [2.05, 4.69) is 41.6 Å². The van der Waals surface area contributed by atoms with Crippen molar-refractivity contribution in [1.29, 1.82) is 0 Å². The molecule has 0 spiro atoms. The number of alkyl carbamates (subject to hydrolysis) is 1. The highest BCUT2D eigenvalue weighted by atomic mass is 16.6. The van der Waals surface area contributed by atoms with Crippen LogP contribution >= 0.6 is 0 Å². The number of hydrogen-bond donors (Lipinski definition) is 1. The smallest absolute Gasteiger partial charge is 0.435 e. The highest BCUT2D eigenvalue weighted by molar-refractivity contribution is 6.02. The molecule has 1 N–H and O–H groups in total. The van der Waals surface area contributed by atoms with Crippen molar-refractivity contribution >= 4 is 28.8 Å². The van der Waals surface area contributed by atoms with Gasteiger partial charge in [0.05, 0.1) is 17.4 Å². The number of ether oxygens (including phenoxy) is 2. The summed E-state index contributed by atoms with van der Waals surface area (Å²) in [6.45, 7) is 13.8. The van der Waals surface area contributed by atoms with Crippen LogP contribution in [0.15, 0.2) is 42.6 Å². The number of carbonyl (C=O) groups is 2. The SMILES string of the molecule is CCC(CNC(=O)OC(C)(C)C)Cc1ccc(-c2ccc3c(cnn3C(=O)OC(C)(C)C)c2N(C)C)cc1. The molecule has 1 unspecified atom stereocenters. The molecule has 0 saturated carbocycles. The Kier molecular flexibility index (Phi) is 8.75. The molecule has 0 radical (unpaired) electrons. The van der Waals surface area contributed by atoms with Crippen molar-refractivity contribution in [2.75, 3.05) is 25.5 Å². The van der Waals surface area contributed by atoms with Crippen LogP contribution in [0.4, 0.5) is 15.3 Å². The number of aromatic nitrogens is 2. The first-order valence-corrected chi connectivity index (χ1v) is 13.2. The first-order valence-electron chi connectivity index (χ1n) is 13.2. The van der Waals surface area contributed by atoms with Gasteiger partial charge in [0.1, 0.15) is 11.2 Å². The molecule has 3 rings (SSSR count). The molecular weight excluding hydrogens is 480 g/mol. The van der Waals surface area contributed by atoms with Crippen molar-refractivity contribution in [3.63, 3.8) is 0 Å². The summed E-state index contributed by atoms with van der Waals surface area (Å²) in [5.41, 5.74) is 3.90. The molecule has 3 aromatic rings. The van der Waals surface area contributed by atoms with Crippen LogP contribution in [-0.2, 0) is 15.9 Å². The van der Waals surface area contributed by atoms with Crippen LogP contribution in [0.3, 0.4) is 0 Å². The summed E-state index contributed by atoms with van der Waals surface area (Å²) >= 11 is 0. The fraction of sp³-hybridized carbons (Fsp3) is 0.500. The van der Waals surface area contributed by atoms with Crippen molar-refractivity contribution in [2.45, 2.75) is 72.5 Å². The fourth-order valence-electron chi connectivity index (χ4n) is 4.31. The second-order valence-electron chi connectivity index (χ2n) is 11.9. The minimum Gasteiger partial charge on any atom is -0.444 e. The Labute approximate surface area is 226 Å². The van der Waals surface area contributed by atoms with Gasteiger partial charge in [0, 0.05) is 31.6 Å². The number of nitrogens with zero attached hydrogens (tertiary/aromatic N) is 3. The van der Waals surface area contributed by atoms with Crippen LogP contribution in [0.5, 0.6) is 0 Å². The van der Waals surface area contributed by atoms with Crippen molar-refractivity contribution in [1.82, 2.24) is 15.1 Å². The van der Waals surface area contributed by atoms with Gasteiger partial charge in [0.25, 0.3) is 0 Å². The molecule has 0 bridgehead atoms. The van der Waals surface area contributed by atoms with Gasteiger partial charge in [-0.2, -0.15) is 9.78 Å². The Morgan fingerprint density at radius 1 is 0.974 bits per heavy atom. The lowest BCUT2D eigenvalue weighted by Crippen LogP contribution is -2.35. The van der Waals surface area contributed by atoms with Crippen molar-refractivity contribution in [3.05, 3.63) is 48.2 Å². The van der Waals surface area contributed by atoms with E-state index in [1.165, 1.54) is 10.2 Å². The molecule has 2 aromatic carbocycles. The van der Waals surface area contributed by atoms with Gasteiger partial charge in [-0.25, -0.2) is 9.59 Å². The van der Waals surface area contributed by atoms with Gasteiger partial charge in [-0.3, -0.25) is 0 Å². The van der Waals surface area contributed by atoms with E-state index in [0.29, 0.717) is 18.0 Å². The Morgan fingerprint density at radius 2 is 1.61 bits per heavy atom. The lowest BCUT2D eigenvalue weighted by Gasteiger charge is -2.22. The molecule has 0 aliphatic carbocycles. The fourth-order valence-corrected chi connectivity index (χ4v) is 4.31. The molecule has 0 aliphatic rings. The van der Waals surface area contributed by atoms with E-state index < -0.39 is 17.3 Å². The van der Waals surface area contributed by atoms with Gasteiger partial charge >= 0.3 is 12.2 Å². The Hall–Kier alpha value is -3.55. The molecule has 206 valence electrons. The zero-order chi connectivity index (χ0) is 28.3. The number of rotatable bonds is 7. The van der Waals surface area contributed by atoms with Gasteiger partial charge in [0.15, 0.2) is 0 Å². The topological polar surface area (TPSA) is 85.7 Å². The van der Waals surface area contributed by atoms with Gasteiger partial charge in [-0.05, 0) is 71.1 Å². The van der Waals surface area contributed by atoms with Crippen LogP contribution in [0.25, 0.3) is 22.0 Å². The Balaban J connectivity index is 1.80. The van der Waals surface area contributed by atoms with Crippen LogP contribution in [0.1, 0.15) is 60.5 Å². The van der Waals surface area contributed by atoms with E-state index in [-0.39, 0.29) is 6.09 Å². The predicted molar refractivity (Wildman–Crippen MR) is 153 cm³/mol. The van der Waals surface area contributed by atoms with Gasteiger partial charge in [0.2, 0.25) is 0 Å². The lowest BCUT2D eigenvalue weighted by atomic mass is 9.94. The monoisotopic (exact) mass is 522 g/mol. The first-order chi connectivity index (χ1) is 17.7. The van der Waals surface area contributed by atoms with E-state index in [9.17, 15) is 9.59 Å². The molecule has 0 aliphatic heterocycles. The molecule has 1 atom stereocenters. The second kappa shape index (κ2) is 11.5. The predicted octanol–water partition coefficient (Wildman–Crippen LogP) is 6.65. The number of benzene rings is 2. The molecular formula is C30H42N4O4. The second-order valence-corrected chi connectivity index (χ2v) is 11.9. The quantitative estimate of drug-likeness (QED) is 0.374. The summed E-state index contributed by atoms with van der Waals surface area (Å²) in [5, 5.41) is 8.12. The van der Waals surface area contributed by atoms with E-state index in [0.717, 1.165) is 35.0 Å². The van der Waals surface area contributed by atoms with Crippen LogP contribution in [0.2, 0.25) is 0 Å². The van der Waals surface area contributed by atoms with Crippen LogP contribution in [-0.4, -0.2) is 53.8 Å². The molecule has 8 nitrogen and oxygen atoms in total. The first kappa shape index (κ1) is 29.0. The van der Waals surface area contributed by atoms with Crippen molar-refractivity contribution in [3.8, 4) is 11.1 Å². The molecule has 8 heteroatoms. The summed E-state index contributed by atoms with van der Waals surface area (Å²) in [5.74, 6) is 0.306. The van der Waals surface area contributed by atoms with Crippen LogP contribution < -0.4 is 10.2 Å². The largest absolute Gasteiger partial charge is 0.444 e. The van der Waals surface area contributed by atoms with Gasteiger partial charge in [-0.15, -0.1) is 0 Å². The third-order valence-corrected chi connectivity index (χ3v) is 6.04. The molecule has 38 heavy (non-hydrogen) atoms. The Bertz CT molecular complexity index is 1260. The molecule has 1 heterocycles. The van der Waals surface area contributed by atoms with Gasteiger partial charge < -0.3 is 19.7 Å². The van der Waals surface area contributed by atoms with E-state index in [1.54, 1.807) is 6.20 Å². The summed E-state index contributed by atoms with van der Waals surface area (Å²) in [6.07, 6.45) is 2.64. The molecule has 1 amide bonds.